The molecule has 0 unspecified atom stereocenters. The van der Waals surface area contributed by atoms with E-state index in [1.165, 1.54) is 25.7 Å². The molecule has 0 spiro atoms. The number of amides is 1. The van der Waals surface area contributed by atoms with E-state index in [4.69, 9.17) is 4.74 Å². The molecule has 2 aromatic rings. The summed E-state index contributed by atoms with van der Waals surface area (Å²) in [6.45, 7) is 0. The number of benzene rings is 2. The number of hydrogen-bond donors (Lipinski definition) is 1. The Morgan fingerprint density at radius 3 is 2.58 bits per heavy atom. The van der Waals surface area contributed by atoms with E-state index in [9.17, 15) is 4.79 Å². The van der Waals surface area contributed by atoms with Gasteiger partial charge in [-0.2, -0.15) is 0 Å². The Bertz CT molecular complexity index is 668. The molecular weight excluding hydrogens is 318 g/mol. The normalized spacial score (nSPS) is 15.9. The standard InChI is InChI=1S/C20H23NO2S/c1-23-17-11-7-10-16(14-17)21-20(22)19(15-8-3-2-4-9-15)24-18-12-5-6-13-18/h2-4,7-11,14,18-19H,5-6,12-13H2,1H3,(H,21,22)/t19-/m1/s1. The fourth-order valence-corrected chi connectivity index (χ4v) is 4.53. The van der Waals surface area contributed by atoms with Crippen LogP contribution in [0.15, 0.2) is 54.6 Å². The highest BCUT2D eigenvalue weighted by molar-refractivity contribution is 8.00. The van der Waals surface area contributed by atoms with Crippen molar-refractivity contribution in [3.8, 4) is 5.75 Å². The highest BCUT2D eigenvalue weighted by Crippen LogP contribution is 2.40. The fourth-order valence-electron chi connectivity index (χ4n) is 3.05. The molecule has 0 aromatic heterocycles. The van der Waals surface area contributed by atoms with E-state index in [2.05, 4.69) is 5.32 Å². The summed E-state index contributed by atoms with van der Waals surface area (Å²) in [5, 5.41) is 3.44. The number of carbonyl (C=O) groups is 1. The van der Waals surface area contributed by atoms with Crippen LogP contribution in [0.25, 0.3) is 0 Å². The van der Waals surface area contributed by atoms with Gasteiger partial charge >= 0.3 is 0 Å². The SMILES string of the molecule is COc1cccc(NC(=O)[C@H](SC2CCCC2)c2ccccc2)c1. The largest absolute Gasteiger partial charge is 0.497 e. The van der Waals surface area contributed by atoms with E-state index in [1.807, 2.05) is 54.6 Å². The minimum Gasteiger partial charge on any atom is -0.497 e. The average molecular weight is 341 g/mol. The molecule has 1 aliphatic carbocycles. The molecule has 1 N–H and O–H groups in total. The zero-order valence-electron chi connectivity index (χ0n) is 13.9. The zero-order valence-corrected chi connectivity index (χ0v) is 14.7. The second-order valence-electron chi connectivity index (χ2n) is 6.05. The van der Waals surface area contributed by atoms with Gasteiger partial charge in [0.1, 0.15) is 11.0 Å². The van der Waals surface area contributed by atoms with Gasteiger partial charge in [-0.15, -0.1) is 11.8 Å². The van der Waals surface area contributed by atoms with Gasteiger partial charge in [0, 0.05) is 17.0 Å². The lowest BCUT2D eigenvalue weighted by molar-refractivity contribution is -0.115. The summed E-state index contributed by atoms with van der Waals surface area (Å²) in [5.41, 5.74) is 1.84. The molecular formula is C20H23NO2S. The van der Waals surface area contributed by atoms with Gasteiger partial charge < -0.3 is 10.1 Å². The van der Waals surface area contributed by atoms with E-state index in [-0.39, 0.29) is 11.2 Å². The molecule has 1 fully saturated rings. The number of methoxy groups -OCH3 is 1. The van der Waals surface area contributed by atoms with Crippen molar-refractivity contribution in [2.24, 2.45) is 0 Å². The first-order chi connectivity index (χ1) is 11.8. The van der Waals surface area contributed by atoms with E-state index in [0.717, 1.165) is 17.0 Å². The Morgan fingerprint density at radius 1 is 1.12 bits per heavy atom. The second kappa shape index (κ2) is 8.25. The molecule has 1 amide bonds. The smallest absolute Gasteiger partial charge is 0.242 e. The highest BCUT2D eigenvalue weighted by Gasteiger charge is 2.27. The van der Waals surface area contributed by atoms with Gasteiger partial charge in [-0.1, -0.05) is 49.2 Å². The number of thioether (sulfide) groups is 1. The van der Waals surface area contributed by atoms with Crippen LogP contribution >= 0.6 is 11.8 Å². The molecule has 4 heteroatoms. The lowest BCUT2D eigenvalue weighted by Crippen LogP contribution is -2.20. The first kappa shape index (κ1) is 16.9. The third-order valence-corrected chi connectivity index (χ3v) is 5.92. The molecule has 3 rings (SSSR count). The third-order valence-electron chi connectivity index (χ3n) is 4.31. The Hall–Kier alpha value is -1.94. The van der Waals surface area contributed by atoms with Crippen molar-refractivity contribution in [3.63, 3.8) is 0 Å². The molecule has 2 aromatic carbocycles. The summed E-state index contributed by atoms with van der Waals surface area (Å²) in [6.07, 6.45) is 4.97. The summed E-state index contributed by atoms with van der Waals surface area (Å²) in [5.74, 6) is 0.777. The van der Waals surface area contributed by atoms with Gasteiger partial charge in [0.2, 0.25) is 5.91 Å². The van der Waals surface area contributed by atoms with Gasteiger partial charge in [0.05, 0.1) is 7.11 Å². The minimum atomic E-state index is -0.180. The Kier molecular flexibility index (Phi) is 5.81. The molecule has 0 radical (unpaired) electrons. The van der Waals surface area contributed by atoms with Crippen LogP contribution in [0.4, 0.5) is 5.69 Å². The molecule has 126 valence electrons. The quantitative estimate of drug-likeness (QED) is 0.799. The first-order valence-corrected chi connectivity index (χ1v) is 9.36. The van der Waals surface area contributed by atoms with Gasteiger partial charge in [-0.05, 0) is 30.5 Å². The maximum atomic E-state index is 12.9. The Morgan fingerprint density at radius 2 is 1.88 bits per heavy atom. The summed E-state index contributed by atoms with van der Waals surface area (Å²) in [6, 6.07) is 17.6. The molecule has 3 nitrogen and oxygen atoms in total. The number of anilines is 1. The summed E-state index contributed by atoms with van der Waals surface area (Å²) < 4.78 is 5.23. The van der Waals surface area contributed by atoms with Crippen LogP contribution < -0.4 is 10.1 Å². The molecule has 0 aliphatic heterocycles. The van der Waals surface area contributed by atoms with Gasteiger partial charge in [0.15, 0.2) is 0 Å². The number of carbonyl (C=O) groups excluding carboxylic acids is 1. The van der Waals surface area contributed by atoms with Crippen LogP contribution in [-0.2, 0) is 4.79 Å². The van der Waals surface area contributed by atoms with Gasteiger partial charge in [-0.25, -0.2) is 0 Å². The minimum absolute atomic E-state index is 0.0337. The summed E-state index contributed by atoms with van der Waals surface area (Å²) in [4.78, 5) is 12.9. The maximum absolute atomic E-state index is 12.9. The lowest BCUT2D eigenvalue weighted by atomic mass is 10.1. The van der Waals surface area contributed by atoms with Gasteiger partial charge in [0.25, 0.3) is 0 Å². The molecule has 1 saturated carbocycles. The van der Waals surface area contributed by atoms with Crippen LogP contribution in [0.3, 0.4) is 0 Å². The molecule has 0 bridgehead atoms. The van der Waals surface area contributed by atoms with E-state index in [1.54, 1.807) is 18.9 Å². The molecule has 1 aliphatic rings. The predicted molar refractivity (Wildman–Crippen MR) is 101 cm³/mol. The van der Waals surface area contributed by atoms with Crippen molar-refractivity contribution in [1.29, 1.82) is 0 Å². The molecule has 0 saturated heterocycles. The number of ether oxygens (including phenoxy) is 1. The maximum Gasteiger partial charge on any atom is 0.242 e. The topological polar surface area (TPSA) is 38.3 Å². The molecule has 1 atom stereocenters. The summed E-state index contributed by atoms with van der Waals surface area (Å²) >= 11 is 1.80. The lowest BCUT2D eigenvalue weighted by Gasteiger charge is -2.20. The van der Waals surface area contributed by atoms with Crippen LogP contribution in [0, 0.1) is 0 Å². The van der Waals surface area contributed by atoms with Crippen LogP contribution in [0.2, 0.25) is 0 Å². The van der Waals surface area contributed by atoms with E-state index < -0.39 is 0 Å². The monoisotopic (exact) mass is 341 g/mol. The van der Waals surface area contributed by atoms with Crippen molar-refractivity contribution in [3.05, 3.63) is 60.2 Å². The van der Waals surface area contributed by atoms with Crippen LogP contribution in [0.5, 0.6) is 5.75 Å². The fraction of sp³-hybridized carbons (Fsp3) is 0.350. The Balaban J connectivity index is 1.77. The van der Waals surface area contributed by atoms with E-state index in [0.29, 0.717) is 5.25 Å². The highest BCUT2D eigenvalue weighted by atomic mass is 32.2. The molecule has 24 heavy (non-hydrogen) atoms. The van der Waals surface area contributed by atoms with Crippen LogP contribution in [-0.4, -0.2) is 18.3 Å². The summed E-state index contributed by atoms with van der Waals surface area (Å²) in [7, 11) is 1.63. The van der Waals surface area contributed by atoms with Gasteiger partial charge in [-0.3, -0.25) is 4.79 Å². The van der Waals surface area contributed by atoms with Crippen molar-refractivity contribution < 1.29 is 9.53 Å². The van der Waals surface area contributed by atoms with Crippen molar-refractivity contribution in [2.45, 2.75) is 36.2 Å². The first-order valence-electron chi connectivity index (χ1n) is 8.41. The predicted octanol–water partition coefficient (Wildman–Crippen LogP) is 5.05. The average Bonchev–Trinajstić information content (AvgIpc) is 3.14. The number of rotatable bonds is 6. The van der Waals surface area contributed by atoms with Crippen molar-refractivity contribution in [2.75, 3.05) is 12.4 Å². The van der Waals surface area contributed by atoms with E-state index >= 15 is 0 Å². The van der Waals surface area contributed by atoms with Crippen molar-refractivity contribution in [1.82, 2.24) is 0 Å². The number of nitrogens with one attached hydrogen (secondary N) is 1. The second-order valence-corrected chi connectivity index (χ2v) is 7.46. The van der Waals surface area contributed by atoms with Crippen molar-refractivity contribution >= 4 is 23.4 Å². The molecule has 0 heterocycles. The zero-order chi connectivity index (χ0) is 16.8. The number of hydrogen-bond acceptors (Lipinski definition) is 3. The third kappa shape index (κ3) is 4.32. The Labute approximate surface area is 147 Å². The van der Waals surface area contributed by atoms with Crippen LogP contribution in [0.1, 0.15) is 36.5 Å².